The van der Waals surface area contributed by atoms with Gasteiger partial charge < -0.3 is 10.6 Å². The molecule has 2 N–H and O–H groups in total. The first-order valence-electron chi connectivity index (χ1n) is 7.83. The zero-order valence-electron chi connectivity index (χ0n) is 13.8. The van der Waals surface area contributed by atoms with Crippen LogP contribution in [0.15, 0.2) is 29.6 Å². The van der Waals surface area contributed by atoms with Gasteiger partial charge in [0.25, 0.3) is 5.91 Å². The number of thiazole rings is 1. The summed E-state index contributed by atoms with van der Waals surface area (Å²) >= 11 is 1.39. The SMILES string of the molecule is CC1CCNCC1NC(=O)c1csc(Cc2ccccc2F)n1.Cl.Cl. The third kappa shape index (κ3) is 5.64. The summed E-state index contributed by atoms with van der Waals surface area (Å²) in [7, 11) is 0. The molecule has 8 heteroatoms. The molecule has 1 saturated heterocycles. The van der Waals surface area contributed by atoms with Gasteiger partial charge in [0.15, 0.2) is 0 Å². The van der Waals surface area contributed by atoms with Crippen LogP contribution in [0.25, 0.3) is 0 Å². The highest BCUT2D eigenvalue weighted by Gasteiger charge is 2.24. The van der Waals surface area contributed by atoms with Gasteiger partial charge in [-0.1, -0.05) is 25.1 Å². The molecule has 0 aliphatic carbocycles. The molecule has 25 heavy (non-hydrogen) atoms. The van der Waals surface area contributed by atoms with Crippen LogP contribution in [0.1, 0.15) is 34.4 Å². The van der Waals surface area contributed by atoms with E-state index in [0.29, 0.717) is 23.6 Å². The molecular formula is C17H22Cl2FN3OS. The minimum atomic E-state index is -0.240. The molecule has 4 nitrogen and oxygen atoms in total. The van der Waals surface area contributed by atoms with Crippen molar-refractivity contribution in [2.24, 2.45) is 5.92 Å². The summed E-state index contributed by atoms with van der Waals surface area (Å²) in [6, 6.07) is 6.78. The number of hydrogen-bond acceptors (Lipinski definition) is 4. The number of piperidine rings is 1. The first-order chi connectivity index (χ1) is 11.1. The Kier molecular flexibility index (Phi) is 8.79. The van der Waals surface area contributed by atoms with E-state index >= 15 is 0 Å². The Balaban J connectivity index is 0.00000156. The maximum Gasteiger partial charge on any atom is 0.271 e. The van der Waals surface area contributed by atoms with Crippen molar-refractivity contribution >= 4 is 42.1 Å². The lowest BCUT2D eigenvalue weighted by Gasteiger charge is -2.29. The zero-order chi connectivity index (χ0) is 16.2. The van der Waals surface area contributed by atoms with Crippen LogP contribution in [-0.4, -0.2) is 30.0 Å². The van der Waals surface area contributed by atoms with Crippen molar-refractivity contribution in [1.29, 1.82) is 0 Å². The number of nitrogens with one attached hydrogen (secondary N) is 2. The van der Waals surface area contributed by atoms with Gasteiger partial charge in [-0.3, -0.25) is 4.79 Å². The zero-order valence-corrected chi connectivity index (χ0v) is 16.3. The predicted octanol–water partition coefficient (Wildman–Crippen LogP) is 3.44. The third-order valence-corrected chi connectivity index (χ3v) is 5.08. The summed E-state index contributed by atoms with van der Waals surface area (Å²) in [4.78, 5) is 16.7. The Morgan fingerprint density at radius 1 is 1.40 bits per heavy atom. The minimum absolute atomic E-state index is 0. The van der Waals surface area contributed by atoms with Crippen LogP contribution >= 0.6 is 36.2 Å². The van der Waals surface area contributed by atoms with E-state index in [2.05, 4.69) is 22.5 Å². The van der Waals surface area contributed by atoms with Crippen molar-refractivity contribution in [3.63, 3.8) is 0 Å². The number of rotatable bonds is 4. The highest BCUT2D eigenvalue weighted by Crippen LogP contribution is 2.18. The van der Waals surface area contributed by atoms with Crippen LogP contribution in [0.5, 0.6) is 0 Å². The molecule has 2 atom stereocenters. The molecule has 138 valence electrons. The molecule has 1 aromatic heterocycles. The molecule has 0 radical (unpaired) electrons. The van der Waals surface area contributed by atoms with Crippen molar-refractivity contribution in [3.05, 3.63) is 51.7 Å². The number of aromatic nitrogens is 1. The number of carbonyl (C=O) groups excluding carboxylic acids is 1. The number of halogens is 3. The number of benzene rings is 1. The van der Waals surface area contributed by atoms with Crippen molar-refractivity contribution in [1.82, 2.24) is 15.6 Å². The van der Waals surface area contributed by atoms with E-state index in [1.807, 2.05) is 0 Å². The van der Waals surface area contributed by atoms with Gasteiger partial charge in [-0.05, 0) is 30.5 Å². The number of carbonyl (C=O) groups is 1. The van der Waals surface area contributed by atoms with Crippen LogP contribution in [0, 0.1) is 11.7 Å². The highest BCUT2D eigenvalue weighted by atomic mass is 35.5. The molecule has 0 spiro atoms. The summed E-state index contributed by atoms with van der Waals surface area (Å²) in [5, 5.41) is 8.82. The van der Waals surface area contributed by atoms with Crippen LogP contribution < -0.4 is 10.6 Å². The summed E-state index contributed by atoms with van der Waals surface area (Å²) in [6.45, 7) is 3.94. The Hall–Kier alpha value is -1.21. The first kappa shape index (κ1) is 21.8. The monoisotopic (exact) mass is 405 g/mol. The molecule has 2 heterocycles. The van der Waals surface area contributed by atoms with E-state index in [1.54, 1.807) is 23.6 Å². The first-order valence-corrected chi connectivity index (χ1v) is 8.71. The Bertz CT molecular complexity index is 698. The van der Waals surface area contributed by atoms with Crippen molar-refractivity contribution < 1.29 is 9.18 Å². The molecule has 2 aromatic rings. The fourth-order valence-corrected chi connectivity index (χ4v) is 3.52. The standard InChI is InChI=1S/C17H20FN3OS.2ClH/c1-11-6-7-19-9-14(11)21-17(22)15-10-23-16(20-15)8-12-4-2-3-5-13(12)18;;/h2-5,10-11,14,19H,6-9H2,1H3,(H,21,22);2*1H. The van der Waals surface area contributed by atoms with Gasteiger partial charge in [0.05, 0.1) is 5.01 Å². The maximum atomic E-state index is 13.7. The summed E-state index contributed by atoms with van der Waals surface area (Å²) in [5.41, 5.74) is 1.01. The average Bonchev–Trinajstić information content (AvgIpc) is 3.01. The molecule has 1 aliphatic rings. The molecule has 3 rings (SSSR count). The molecule has 0 saturated carbocycles. The highest BCUT2D eigenvalue weighted by molar-refractivity contribution is 7.09. The van der Waals surface area contributed by atoms with Gasteiger partial charge in [-0.2, -0.15) is 0 Å². The molecule has 1 amide bonds. The second-order valence-corrected chi connectivity index (χ2v) is 6.89. The van der Waals surface area contributed by atoms with Gasteiger partial charge >= 0.3 is 0 Å². The van der Waals surface area contributed by atoms with E-state index in [9.17, 15) is 9.18 Å². The second kappa shape index (κ2) is 10.1. The summed E-state index contributed by atoms with van der Waals surface area (Å²) < 4.78 is 13.7. The van der Waals surface area contributed by atoms with Gasteiger partial charge in [-0.25, -0.2) is 9.37 Å². The molecule has 1 aromatic carbocycles. The minimum Gasteiger partial charge on any atom is -0.346 e. The lowest BCUT2D eigenvalue weighted by atomic mass is 9.95. The van der Waals surface area contributed by atoms with Gasteiger partial charge in [0.2, 0.25) is 0 Å². The van der Waals surface area contributed by atoms with Crippen LogP contribution in [0.3, 0.4) is 0 Å². The quantitative estimate of drug-likeness (QED) is 0.818. The molecule has 1 aliphatic heterocycles. The predicted molar refractivity (Wildman–Crippen MR) is 104 cm³/mol. The molecular weight excluding hydrogens is 384 g/mol. The fourth-order valence-electron chi connectivity index (χ4n) is 2.73. The van der Waals surface area contributed by atoms with Crippen LogP contribution in [-0.2, 0) is 6.42 Å². The molecule has 0 bridgehead atoms. The molecule has 2 unspecified atom stereocenters. The average molecular weight is 406 g/mol. The lowest BCUT2D eigenvalue weighted by Crippen LogP contribution is -2.50. The largest absolute Gasteiger partial charge is 0.346 e. The van der Waals surface area contributed by atoms with E-state index in [1.165, 1.54) is 17.4 Å². The summed E-state index contributed by atoms with van der Waals surface area (Å²) in [5.74, 6) is 0.0640. The van der Waals surface area contributed by atoms with E-state index in [-0.39, 0.29) is 42.6 Å². The van der Waals surface area contributed by atoms with Gasteiger partial charge in [-0.15, -0.1) is 36.2 Å². The van der Waals surface area contributed by atoms with Crippen LogP contribution in [0.4, 0.5) is 4.39 Å². The summed E-state index contributed by atoms with van der Waals surface area (Å²) in [6.07, 6.45) is 1.46. The van der Waals surface area contributed by atoms with Crippen molar-refractivity contribution in [2.45, 2.75) is 25.8 Å². The van der Waals surface area contributed by atoms with Crippen molar-refractivity contribution in [2.75, 3.05) is 13.1 Å². The maximum absolute atomic E-state index is 13.7. The lowest BCUT2D eigenvalue weighted by molar-refractivity contribution is 0.0910. The van der Waals surface area contributed by atoms with E-state index in [4.69, 9.17) is 0 Å². The number of nitrogens with zero attached hydrogens (tertiary/aromatic N) is 1. The smallest absolute Gasteiger partial charge is 0.271 e. The Morgan fingerprint density at radius 3 is 2.88 bits per heavy atom. The Morgan fingerprint density at radius 2 is 2.16 bits per heavy atom. The third-order valence-electron chi connectivity index (χ3n) is 4.23. The van der Waals surface area contributed by atoms with Crippen LogP contribution in [0.2, 0.25) is 0 Å². The van der Waals surface area contributed by atoms with E-state index in [0.717, 1.165) is 24.5 Å². The van der Waals surface area contributed by atoms with Crippen molar-refractivity contribution in [3.8, 4) is 0 Å². The van der Waals surface area contributed by atoms with E-state index < -0.39 is 0 Å². The van der Waals surface area contributed by atoms with Gasteiger partial charge in [0.1, 0.15) is 11.5 Å². The number of hydrogen-bond donors (Lipinski definition) is 2. The Labute approximate surface area is 163 Å². The topological polar surface area (TPSA) is 54.0 Å². The second-order valence-electron chi connectivity index (χ2n) is 5.94. The molecule has 1 fully saturated rings. The van der Waals surface area contributed by atoms with Gasteiger partial charge in [0, 0.05) is 24.4 Å². The fraction of sp³-hybridized carbons (Fsp3) is 0.412. The normalized spacial score (nSPS) is 19.4. The number of amides is 1.